The van der Waals surface area contributed by atoms with Gasteiger partial charge in [-0.15, -0.1) is 0 Å². The molecule has 2 amide bonds. The Morgan fingerprint density at radius 3 is 2.00 bits per heavy atom. The summed E-state index contributed by atoms with van der Waals surface area (Å²) in [6.07, 6.45) is 6.99. The van der Waals surface area contributed by atoms with Gasteiger partial charge in [-0.05, 0) is 62.8 Å². The lowest BCUT2D eigenvalue weighted by Crippen LogP contribution is -2.43. The number of fused-ring (bicyclic) bond motifs is 1. The Balaban J connectivity index is 1.34. The van der Waals surface area contributed by atoms with Crippen molar-refractivity contribution < 1.29 is 23.9 Å². The number of nitrogens with zero attached hydrogens (tertiary/aromatic N) is 1. The number of amides is 2. The maximum Gasteiger partial charge on any atom is 0.314 e. The van der Waals surface area contributed by atoms with Gasteiger partial charge in [-0.25, -0.2) is 0 Å². The lowest BCUT2D eigenvalue weighted by molar-refractivity contribution is -0.144. The Kier molecular flexibility index (Phi) is 5.29. The summed E-state index contributed by atoms with van der Waals surface area (Å²) in [4.78, 5) is 50.2. The molecule has 4 rings (SSSR count). The molecule has 6 nitrogen and oxygen atoms in total. The first-order chi connectivity index (χ1) is 13.6. The lowest BCUT2D eigenvalue weighted by Gasteiger charge is -2.32. The quantitative estimate of drug-likeness (QED) is 0.345. The van der Waals surface area contributed by atoms with Crippen molar-refractivity contribution in [3.8, 4) is 5.75 Å². The Morgan fingerprint density at radius 2 is 1.46 bits per heavy atom. The number of hydrogen-bond acceptors (Lipinski definition) is 5. The van der Waals surface area contributed by atoms with Crippen LogP contribution in [0.25, 0.3) is 0 Å². The van der Waals surface area contributed by atoms with Crippen molar-refractivity contribution >= 4 is 24.1 Å². The molecule has 2 aliphatic carbocycles. The number of rotatable bonds is 4. The van der Waals surface area contributed by atoms with Crippen molar-refractivity contribution in [3.63, 3.8) is 0 Å². The van der Waals surface area contributed by atoms with E-state index in [2.05, 4.69) is 0 Å². The van der Waals surface area contributed by atoms with E-state index in [1.165, 1.54) is 4.90 Å². The minimum Gasteiger partial charge on any atom is -0.426 e. The van der Waals surface area contributed by atoms with E-state index in [0.717, 1.165) is 32.0 Å². The highest BCUT2D eigenvalue weighted by Crippen LogP contribution is 2.41. The van der Waals surface area contributed by atoms with E-state index >= 15 is 0 Å². The fraction of sp³-hybridized carbons (Fsp3) is 0.545. The Morgan fingerprint density at radius 1 is 0.893 bits per heavy atom. The number of ether oxygens (including phenoxy) is 1. The van der Waals surface area contributed by atoms with Gasteiger partial charge in [0.25, 0.3) is 0 Å². The van der Waals surface area contributed by atoms with Gasteiger partial charge < -0.3 is 4.74 Å². The van der Waals surface area contributed by atoms with Crippen molar-refractivity contribution in [3.05, 3.63) is 29.8 Å². The smallest absolute Gasteiger partial charge is 0.314 e. The zero-order chi connectivity index (χ0) is 19.7. The third-order valence-corrected chi connectivity index (χ3v) is 6.51. The molecule has 1 aromatic carbocycles. The number of carbonyl (C=O) groups excluding carboxylic acids is 4. The van der Waals surface area contributed by atoms with Crippen LogP contribution in [0.5, 0.6) is 5.75 Å². The van der Waals surface area contributed by atoms with Crippen LogP contribution >= 0.6 is 0 Å². The molecule has 0 unspecified atom stereocenters. The number of likely N-dealkylation sites (tertiary alicyclic amines) is 1. The zero-order valence-corrected chi connectivity index (χ0v) is 15.8. The van der Waals surface area contributed by atoms with Crippen LogP contribution in [0.2, 0.25) is 0 Å². The van der Waals surface area contributed by atoms with E-state index in [9.17, 15) is 19.2 Å². The molecule has 1 aromatic rings. The zero-order valence-electron chi connectivity index (χ0n) is 15.8. The third-order valence-electron chi connectivity index (χ3n) is 6.51. The average Bonchev–Trinajstić information content (AvgIpc) is 2.99. The van der Waals surface area contributed by atoms with Crippen LogP contribution in [0.3, 0.4) is 0 Å². The number of imide groups is 1. The molecular formula is C22H25NO5. The number of aldehydes is 1. The minimum absolute atomic E-state index is 0.0102. The molecule has 2 atom stereocenters. The maximum absolute atomic E-state index is 12.7. The normalized spacial score (nSPS) is 30.1. The van der Waals surface area contributed by atoms with Crippen molar-refractivity contribution in [2.75, 3.05) is 0 Å². The summed E-state index contributed by atoms with van der Waals surface area (Å²) in [6, 6.07) is 6.35. The van der Waals surface area contributed by atoms with Crippen molar-refractivity contribution in [2.24, 2.45) is 17.8 Å². The molecule has 0 N–H and O–H groups in total. The SMILES string of the molecule is O=Cc1ccc(OC(=O)C2CCC(N3C(=O)[C@H]4CCCC[C@H]4C3=O)CC2)cc1. The van der Waals surface area contributed by atoms with Crippen LogP contribution in [0, 0.1) is 17.8 Å². The van der Waals surface area contributed by atoms with Crippen molar-refractivity contribution in [2.45, 2.75) is 57.4 Å². The van der Waals surface area contributed by atoms with Crippen LogP contribution in [-0.4, -0.2) is 35.0 Å². The molecule has 0 spiro atoms. The van der Waals surface area contributed by atoms with Gasteiger partial charge in [0.1, 0.15) is 12.0 Å². The second-order valence-corrected chi connectivity index (χ2v) is 8.16. The monoisotopic (exact) mass is 383 g/mol. The van der Waals surface area contributed by atoms with Gasteiger partial charge in [0, 0.05) is 11.6 Å². The molecule has 148 valence electrons. The topological polar surface area (TPSA) is 80.8 Å². The van der Waals surface area contributed by atoms with Crippen LogP contribution in [-0.2, 0) is 14.4 Å². The molecule has 0 bridgehead atoms. The van der Waals surface area contributed by atoms with E-state index in [1.54, 1.807) is 24.3 Å². The van der Waals surface area contributed by atoms with E-state index in [4.69, 9.17) is 4.74 Å². The molecule has 6 heteroatoms. The molecule has 1 saturated heterocycles. The van der Waals surface area contributed by atoms with Crippen molar-refractivity contribution in [1.29, 1.82) is 0 Å². The molecule has 28 heavy (non-hydrogen) atoms. The highest BCUT2D eigenvalue weighted by Gasteiger charge is 2.50. The predicted octanol–water partition coefficient (Wildman–Crippen LogP) is 3.14. The summed E-state index contributed by atoms with van der Waals surface area (Å²) < 4.78 is 5.43. The molecule has 2 saturated carbocycles. The van der Waals surface area contributed by atoms with Gasteiger partial charge in [-0.3, -0.25) is 24.1 Å². The Hall–Kier alpha value is -2.50. The lowest BCUT2D eigenvalue weighted by atomic mass is 9.81. The molecule has 3 fully saturated rings. The number of hydrogen-bond donors (Lipinski definition) is 0. The first kappa shape index (κ1) is 18.8. The Labute approximate surface area is 164 Å². The highest BCUT2D eigenvalue weighted by atomic mass is 16.5. The fourth-order valence-electron chi connectivity index (χ4n) is 4.93. The molecule has 3 aliphatic rings. The van der Waals surface area contributed by atoms with Crippen molar-refractivity contribution in [1.82, 2.24) is 4.90 Å². The molecule has 0 radical (unpaired) electrons. The summed E-state index contributed by atoms with van der Waals surface area (Å²) in [5, 5.41) is 0. The fourth-order valence-corrected chi connectivity index (χ4v) is 4.93. The molecule has 1 heterocycles. The van der Waals surface area contributed by atoms with Crippen LogP contribution in [0.15, 0.2) is 24.3 Å². The largest absolute Gasteiger partial charge is 0.426 e. The minimum atomic E-state index is -0.287. The van der Waals surface area contributed by atoms with Gasteiger partial charge in [-0.2, -0.15) is 0 Å². The van der Waals surface area contributed by atoms with Gasteiger partial charge >= 0.3 is 5.97 Å². The summed E-state index contributed by atoms with van der Waals surface area (Å²) >= 11 is 0. The first-order valence-electron chi connectivity index (χ1n) is 10.2. The summed E-state index contributed by atoms with van der Waals surface area (Å²) in [6.45, 7) is 0. The maximum atomic E-state index is 12.7. The van der Waals surface area contributed by atoms with Crippen LogP contribution < -0.4 is 4.74 Å². The van der Waals surface area contributed by atoms with Gasteiger partial charge in [-0.1, -0.05) is 12.8 Å². The predicted molar refractivity (Wildman–Crippen MR) is 101 cm³/mol. The third kappa shape index (κ3) is 3.48. The summed E-state index contributed by atoms with van der Waals surface area (Å²) in [5.74, 6) is -0.294. The Bertz CT molecular complexity index is 755. The number of esters is 1. The first-order valence-corrected chi connectivity index (χ1v) is 10.2. The summed E-state index contributed by atoms with van der Waals surface area (Å²) in [5.41, 5.74) is 0.529. The van der Waals surface area contributed by atoms with Gasteiger partial charge in [0.2, 0.25) is 11.8 Å². The summed E-state index contributed by atoms with van der Waals surface area (Å²) in [7, 11) is 0. The molecular weight excluding hydrogens is 358 g/mol. The molecule has 0 aromatic heterocycles. The van der Waals surface area contributed by atoms with E-state index in [-0.39, 0.29) is 41.6 Å². The van der Waals surface area contributed by atoms with E-state index in [0.29, 0.717) is 37.0 Å². The average molecular weight is 383 g/mol. The van der Waals surface area contributed by atoms with Crippen LogP contribution in [0.4, 0.5) is 0 Å². The number of benzene rings is 1. The van der Waals surface area contributed by atoms with E-state index in [1.807, 2.05) is 0 Å². The van der Waals surface area contributed by atoms with E-state index < -0.39 is 0 Å². The van der Waals surface area contributed by atoms with Gasteiger partial charge in [0.15, 0.2) is 0 Å². The van der Waals surface area contributed by atoms with Gasteiger partial charge in [0.05, 0.1) is 17.8 Å². The van der Waals surface area contributed by atoms with Crippen LogP contribution in [0.1, 0.15) is 61.7 Å². The second kappa shape index (κ2) is 7.86. The molecule has 1 aliphatic heterocycles. The highest BCUT2D eigenvalue weighted by molar-refractivity contribution is 6.05. The number of carbonyl (C=O) groups is 4. The standard InChI is InChI=1S/C22H25NO5/c24-13-14-5-11-17(12-6-14)28-22(27)15-7-9-16(10-8-15)23-20(25)18-3-1-2-4-19(18)21(23)26/h5-6,11-13,15-16,18-19H,1-4,7-10H2/t15?,16?,18-,19+. The second-order valence-electron chi connectivity index (χ2n) is 8.16.